The lowest BCUT2D eigenvalue weighted by Crippen LogP contribution is -1.94. The highest BCUT2D eigenvalue weighted by atomic mass is 19.1. The summed E-state index contributed by atoms with van der Waals surface area (Å²) in [6, 6.07) is 2.76. The Hall–Kier alpha value is -1.87. The summed E-state index contributed by atoms with van der Waals surface area (Å²) in [6.45, 7) is 0.115. The van der Waals surface area contributed by atoms with Crippen LogP contribution in [-0.2, 0) is 11.3 Å². The maximum Gasteiger partial charge on any atom is 0.235 e. The number of rotatable bonds is 2. The zero-order valence-electron chi connectivity index (χ0n) is 7.12. The minimum Gasteiger partial charge on any atom is -0.453 e. The van der Waals surface area contributed by atoms with E-state index in [0.717, 1.165) is 0 Å². The number of isocyanates is 1. The average Bonchev–Trinajstić information content (AvgIpc) is 2.66. The third-order valence-electron chi connectivity index (χ3n) is 1.87. The van der Waals surface area contributed by atoms with Crippen molar-refractivity contribution in [1.82, 2.24) is 0 Å². The summed E-state index contributed by atoms with van der Waals surface area (Å²) < 4.78 is 23.0. The number of halogens is 1. The van der Waals surface area contributed by atoms with Crippen LogP contribution in [0.4, 0.5) is 4.39 Å². The fourth-order valence-corrected chi connectivity index (χ4v) is 1.26. The van der Waals surface area contributed by atoms with Crippen LogP contribution in [0.2, 0.25) is 0 Å². The number of benzene rings is 1. The quantitative estimate of drug-likeness (QED) is 0.529. The maximum absolute atomic E-state index is 13.1. The Bertz CT molecular complexity index is 413. The SMILES string of the molecule is O=C=NCc1ccc(F)c2c1OCO2. The van der Waals surface area contributed by atoms with E-state index in [-0.39, 0.29) is 19.1 Å². The van der Waals surface area contributed by atoms with Gasteiger partial charge in [-0.2, -0.15) is 0 Å². The van der Waals surface area contributed by atoms with Gasteiger partial charge in [0.25, 0.3) is 0 Å². The summed E-state index contributed by atoms with van der Waals surface area (Å²) in [5, 5.41) is 0. The van der Waals surface area contributed by atoms with Gasteiger partial charge in [-0.15, -0.1) is 0 Å². The highest BCUT2D eigenvalue weighted by molar-refractivity contribution is 5.49. The van der Waals surface area contributed by atoms with Crippen molar-refractivity contribution in [3.63, 3.8) is 0 Å². The van der Waals surface area contributed by atoms with Gasteiger partial charge in [-0.3, -0.25) is 0 Å². The molecule has 0 unspecified atom stereocenters. The van der Waals surface area contributed by atoms with Crippen LogP contribution in [0.1, 0.15) is 5.56 Å². The number of aliphatic imine (C=N–C) groups is 1. The predicted octanol–water partition coefficient (Wildman–Crippen LogP) is 1.39. The number of nitrogens with zero attached hydrogens (tertiary/aromatic N) is 1. The minimum absolute atomic E-state index is 0.00588. The molecule has 2 rings (SSSR count). The zero-order valence-corrected chi connectivity index (χ0v) is 7.12. The van der Waals surface area contributed by atoms with Crippen molar-refractivity contribution < 1.29 is 18.7 Å². The van der Waals surface area contributed by atoms with Crippen molar-refractivity contribution in [3.8, 4) is 11.5 Å². The van der Waals surface area contributed by atoms with Gasteiger partial charge in [0, 0.05) is 5.56 Å². The first-order valence-corrected chi connectivity index (χ1v) is 3.93. The van der Waals surface area contributed by atoms with E-state index in [9.17, 15) is 9.18 Å². The first-order valence-electron chi connectivity index (χ1n) is 3.93. The Labute approximate surface area is 79.0 Å². The molecular weight excluding hydrogens is 189 g/mol. The van der Waals surface area contributed by atoms with Crippen LogP contribution in [-0.4, -0.2) is 12.9 Å². The number of carbonyl (C=O) groups excluding carboxylic acids is 1. The molecule has 4 nitrogen and oxygen atoms in total. The highest BCUT2D eigenvalue weighted by Crippen LogP contribution is 2.38. The fourth-order valence-electron chi connectivity index (χ4n) is 1.26. The summed E-state index contributed by atoms with van der Waals surface area (Å²) in [7, 11) is 0. The van der Waals surface area contributed by atoms with E-state index >= 15 is 0 Å². The summed E-state index contributed by atoms with van der Waals surface area (Å²) in [5.74, 6) is -0.0658. The van der Waals surface area contributed by atoms with Gasteiger partial charge < -0.3 is 9.47 Å². The second kappa shape index (κ2) is 3.47. The van der Waals surface area contributed by atoms with E-state index in [2.05, 4.69) is 4.99 Å². The Balaban J connectivity index is 2.42. The molecule has 0 saturated carbocycles. The first-order chi connectivity index (χ1) is 6.83. The molecule has 0 saturated heterocycles. The van der Waals surface area contributed by atoms with E-state index < -0.39 is 5.82 Å². The molecule has 0 aliphatic carbocycles. The molecule has 0 atom stereocenters. The average molecular weight is 195 g/mol. The van der Waals surface area contributed by atoms with Gasteiger partial charge in [0.1, 0.15) is 0 Å². The van der Waals surface area contributed by atoms with Crippen molar-refractivity contribution in [2.75, 3.05) is 6.79 Å². The van der Waals surface area contributed by atoms with Crippen molar-refractivity contribution in [2.24, 2.45) is 4.99 Å². The van der Waals surface area contributed by atoms with Crippen molar-refractivity contribution in [3.05, 3.63) is 23.5 Å². The van der Waals surface area contributed by atoms with Crippen molar-refractivity contribution >= 4 is 6.08 Å². The summed E-state index contributed by atoms with van der Waals surface area (Å²) in [6.07, 6.45) is 1.41. The molecule has 0 spiro atoms. The summed E-state index contributed by atoms with van der Waals surface area (Å²) >= 11 is 0. The molecule has 1 heterocycles. The summed E-state index contributed by atoms with van der Waals surface area (Å²) in [4.78, 5) is 13.3. The van der Waals surface area contributed by atoms with Gasteiger partial charge in [0.2, 0.25) is 18.6 Å². The normalized spacial score (nSPS) is 12.4. The molecule has 1 aliphatic rings. The van der Waals surface area contributed by atoms with Crippen LogP contribution < -0.4 is 9.47 Å². The van der Waals surface area contributed by atoms with Gasteiger partial charge in [-0.05, 0) is 6.07 Å². The highest BCUT2D eigenvalue weighted by Gasteiger charge is 2.21. The van der Waals surface area contributed by atoms with Gasteiger partial charge in [0.15, 0.2) is 11.6 Å². The first kappa shape index (κ1) is 8.72. The largest absolute Gasteiger partial charge is 0.453 e. The molecule has 14 heavy (non-hydrogen) atoms. The van der Waals surface area contributed by atoms with Crippen molar-refractivity contribution in [1.29, 1.82) is 0 Å². The Morgan fingerprint density at radius 3 is 3.00 bits per heavy atom. The summed E-state index contributed by atoms with van der Waals surface area (Å²) in [5.41, 5.74) is 0.613. The second-order valence-corrected chi connectivity index (χ2v) is 2.68. The molecule has 0 N–H and O–H groups in total. The lowest BCUT2D eigenvalue weighted by atomic mass is 10.2. The van der Waals surface area contributed by atoms with Crippen LogP contribution in [0.25, 0.3) is 0 Å². The van der Waals surface area contributed by atoms with Gasteiger partial charge in [-0.1, -0.05) is 6.07 Å². The molecule has 0 fully saturated rings. The van der Waals surface area contributed by atoms with Gasteiger partial charge >= 0.3 is 0 Å². The topological polar surface area (TPSA) is 47.9 Å². The molecule has 0 radical (unpaired) electrons. The van der Waals surface area contributed by atoms with E-state index in [1.807, 2.05) is 0 Å². The zero-order chi connectivity index (χ0) is 9.97. The number of ether oxygens (including phenoxy) is 2. The minimum atomic E-state index is -0.476. The van der Waals surface area contributed by atoms with Gasteiger partial charge in [-0.25, -0.2) is 14.2 Å². The second-order valence-electron chi connectivity index (χ2n) is 2.68. The van der Waals surface area contributed by atoms with Crippen LogP contribution in [0.15, 0.2) is 17.1 Å². The number of hydrogen-bond donors (Lipinski definition) is 0. The molecular formula is C9H6FNO3. The van der Waals surface area contributed by atoms with E-state index in [0.29, 0.717) is 11.3 Å². The van der Waals surface area contributed by atoms with E-state index in [4.69, 9.17) is 9.47 Å². The van der Waals surface area contributed by atoms with Crippen LogP contribution in [0.5, 0.6) is 11.5 Å². The molecule has 1 aromatic carbocycles. The molecule has 0 amide bonds. The Kier molecular flexibility index (Phi) is 2.16. The number of hydrogen-bond acceptors (Lipinski definition) is 4. The third kappa shape index (κ3) is 1.34. The van der Waals surface area contributed by atoms with Crippen LogP contribution in [0, 0.1) is 5.82 Å². The standard InChI is InChI=1S/C9H6FNO3/c10-7-2-1-6(3-11-4-12)8-9(7)14-5-13-8/h1-2H,3,5H2. The fraction of sp³-hybridized carbons (Fsp3) is 0.222. The molecule has 5 heteroatoms. The Morgan fingerprint density at radius 2 is 2.21 bits per heavy atom. The lowest BCUT2D eigenvalue weighted by molar-refractivity contribution is 0.170. The van der Waals surface area contributed by atoms with E-state index in [1.165, 1.54) is 18.2 Å². The third-order valence-corrected chi connectivity index (χ3v) is 1.87. The van der Waals surface area contributed by atoms with Crippen molar-refractivity contribution in [2.45, 2.75) is 6.54 Å². The number of fused-ring (bicyclic) bond motifs is 1. The predicted molar refractivity (Wildman–Crippen MR) is 44.3 cm³/mol. The molecule has 0 aromatic heterocycles. The maximum atomic E-state index is 13.1. The van der Waals surface area contributed by atoms with Crippen LogP contribution >= 0.6 is 0 Å². The van der Waals surface area contributed by atoms with E-state index in [1.54, 1.807) is 0 Å². The molecule has 0 bridgehead atoms. The lowest BCUT2D eigenvalue weighted by Gasteiger charge is -2.02. The van der Waals surface area contributed by atoms with Gasteiger partial charge in [0.05, 0.1) is 6.54 Å². The Morgan fingerprint density at radius 1 is 1.43 bits per heavy atom. The molecule has 72 valence electrons. The monoisotopic (exact) mass is 195 g/mol. The van der Waals surface area contributed by atoms with Crippen LogP contribution in [0.3, 0.4) is 0 Å². The molecule has 1 aromatic rings. The molecule has 1 aliphatic heterocycles. The smallest absolute Gasteiger partial charge is 0.235 e.